The second kappa shape index (κ2) is 8.41. The zero-order valence-corrected chi connectivity index (χ0v) is 18.6. The van der Waals surface area contributed by atoms with Gasteiger partial charge in [0.2, 0.25) is 5.91 Å². The first-order valence-electron chi connectivity index (χ1n) is 9.39. The van der Waals surface area contributed by atoms with Crippen molar-refractivity contribution < 1.29 is 18.0 Å². The molecule has 160 valence electrons. The smallest absolute Gasteiger partial charge is 0.253 e. The van der Waals surface area contributed by atoms with Gasteiger partial charge in [-0.1, -0.05) is 29.8 Å². The molecule has 2 amide bonds. The van der Waals surface area contributed by atoms with Gasteiger partial charge in [0.15, 0.2) is 9.84 Å². The lowest BCUT2D eigenvalue weighted by Gasteiger charge is -2.27. The van der Waals surface area contributed by atoms with E-state index >= 15 is 0 Å². The van der Waals surface area contributed by atoms with Crippen molar-refractivity contribution in [3.8, 4) is 21.8 Å². The molecular formula is C21H18ClN3O4S2. The van der Waals surface area contributed by atoms with Crippen molar-refractivity contribution in [3.05, 3.63) is 64.0 Å². The Kier molecular flexibility index (Phi) is 5.83. The molecule has 1 saturated heterocycles. The van der Waals surface area contributed by atoms with Gasteiger partial charge in [0.05, 0.1) is 17.2 Å². The van der Waals surface area contributed by atoms with Crippen molar-refractivity contribution in [2.45, 2.75) is 0 Å². The maximum absolute atomic E-state index is 12.9. The number of nitrogens with two attached hydrogens (primary N) is 1. The molecule has 1 aliphatic heterocycles. The van der Waals surface area contributed by atoms with E-state index < -0.39 is 15.7 Å². The molecule has 4 rings (SSSR count). The van der Waals surface area contributed by atoms with Crippen LogP contribution in [0, 0.1) is 0 Å². The standard InChI is InChI=1S/C21H18ClN3O4S2/c22-17-4-2-1-3-15(17)18-12-30-20(24-18)16-11-13(5-6-14(16)19(23)26)21(27)25-7-9-31(28,29)10-8-25/h1-6,11-12H,7-10H2,(H2,23,26). The molecule has 0 unspecified atom stereocenters. The number of aromatic nitrogens is 1. The van der Waals surface area contributed by atoms with E-state index in [9.17, 15) is 18.0 Å². The number of carbonyl (C=O) groups excluding carboxylic acids is 2. The number of rotatable bonds is 4. The quantitative estimate of drug-likeness (QED) is 0.623. The summed E-state index contributed by atoms with van der Waals surface area (Å²) in [6, 6.07) is 11.9. The maximum Gasteiger partial charge on any atom is 0.253 e. The van der Waals surface area contributed by atoms with Crippen LogP contribution in [0.3, 0.4) is 0 Å². The zero-order valence-electron chi connectivity index (χ0n) is 16.2. The largest absolute Gasteiger partial charge is 0.366 e. The van der Waals surface area contributed by atoms with Gasteiger partial charge < -0.3 is 10.6 Å². The molecule has 0 saturated carbocycles. The predicted molar refractivity (Wildman–Crippen MR) is 121 cm³/mol. The number of benzene rings is 2. The minimum absolute atomic E-state index is 0.0569. The molecule has 1 aromatic heterocycles. The van der Waals surface area contributed by atoms with Gasteiger partial charge in [-0.25, -0.2) is 13.4 Å². The molecule has 7 nitrogen and oxygen atoms in total. The van der Waals surface area contributed by atoms with Crippen molar-refractivity contribution in [3.63, 3.8) is 0 Å². The summed E-state index contributed by atoms with van der Waals surface area (Å²) in [6.07, 6.45) is 0. The van der Waals surface area contributed by atoms with Crippen molar-refractivity contribution >= 4 is 44.6 Å². The number of amides is 2. The minimum Gasteiger partial charge on any atom is -0.366 e. The van der Waals surface area contributed by atoms with E-state index in [0.29, 0.717) is 26.9 Å². The molecule has 3 aromatic rings. The number of hydrogen-bond acceptors (Lipinski definition) is 6. The highest BCUT2D eigenvalue weighted by Crippen LogP contribution is 2.34. The van der Waals surface area contributed by atoms with Crippen LogP contribution < -0.4 is 5.73 Å². The van der Waals surface area contributed by atoms with Crippen LogP contribution in [-0.4, -0.2) is 54.7 Å². The lowest BCUT2D eigenvalue weighted by molar-refractivity contribution is 0.0769. The van der Waals surface area contributed by atoms with E-state index in [1.807, 2.05) is 23.6 Å². The molecule has 2 heterocycles. The van der Waals surface area contributed by atoms with Gasteiger partial charge in [-0.15, -0.1) is 11.3 Å². The molecule has 0 radical (unpaired) electrons. The van der Waals surface area contributed by atoms with Crippen LogP contribution in [0.5, 0.6) is 0 Å². The zero-order chi connectivity index (χ0) is 22.2. The monoisotopic (exact) mass is 475 g/mol. The molecule has 2 N–H and O–H groups in total. The highest BCUT2D eigenvalue weighted by molar-refractivity contribution is 7.91. The fourth-order valence-corrected chi connectivity index (χ4v) is 5.64. The molecular weight excluding hydrogens is 458 g/mol. The Bertz CT molecular complexity index is 1270. The average molecular weight is 476 g/mol. The van der Waals surface area contributed by atoms with E-state index in [1.54, 1.807) is 12.1 Å². The highest BCUT2D eigenvalue weighted by Gasteiger charge is 2.27. The molecule has 1 fully saturated rings. The molecule has 31 heavy (non-hydrogen) atoms. The summed E-state index contributed by atoms with van der Waals surface area (Å²) in [5.41, 5.74) is 8.00. The number of thiazole rings is 1. The second-order valence-corrected chi connectivity index (χ2v) is 10.7. The number of carbonyl (C=O) groups is 2. The fraction of sp³-hybridized carbons (Fsp3) is 0.190. The van der Waals surface area contributed by atoms with Crippen LogP contribution in [0.25, 0.3) is 21.8 Å². The summed E-state index contributed by atoms with van der Waals surface area (Å²) in [7, 11) is -3.10. The van der Waals surface area contributed by atoms with Crippen molar-refractivity contribution in [1.82, 2.24) is 9.88 Å². The number of halogens is 1. The summed E-state index contributed by atoms with van der Waals surface area (Å²) >= 11 is 7.58. The van der Waals surface area contributed by atoms with Crippen LogP contribution in [0.15, 0.2) is 47.8 Å². The third kappa shape index (κ3) is 4.48. The SMILES string of the molecule is NC(=O)c1ccc(C(=O)N2CCS(=O)(=O)CC2)cc1-c1nc(-c2ccccc2Cl)cs1. The third-order valence-corrected chi connectivity index (χ3v) is 7.86. The van der Waals surface area contributed by atoms with E-state index in [4.69, 9.17) is 17.3 Å². The summed E-state index contributed by atoms with van der Waals surface area (Å²) in [4.78, 5) is 31.0. The first-order chi connectivity index (χ1) is 14.7. The number of hydrogen-bond donors (Lipinski definition) is 1. The minimum atomic E-state index is -3.10. The summed E-state index contributed by atoms with van der Waals surface area (Å²) in [6.45, 7) is 0.282. The van der Waals surface area contributed by atoms with Gasteiger partial charge in [-0.2, -0.15) is 0 Å². The molecule has 10 heteroatoms. The van der Waals surface area contributed by atoms with Gasteiger partial charge in [0, 0.05) is 45.7 Å². The maximum atomic E-state index is 12.9. The molecule has 0 aliphatic carbocycles. The van der Waals surface area contributed by atoms with Crippen molar-refractivity contribution in [2.24, 2.45) is 5.73 Å². The predicted octanol–water partition coefficient (Wildman–Crippen LogP) is 3.10. The van der Waals surface area contributed by atoms with Crippen LogP contribution in [0.1, 0.15) is 20.7 Å². The van der Waals surface area contributed by atoms with Crippen LogP contribution in [-0.2, 0) is 9.84 Å². The van der Waals surface area contributed by atoms with Crippen LogP contribution >= 0.6 is 22.9 Å². The van der Waals surface area contributed by atoms with Gasteiger partial charge in [0.25, 0.3) is 5.91 Å². The lowest BCUT2D eigenvalue weighted by Crippen LogP contribution is -2.43. The molecule has 2 aromatic carbocycles. The summed E-state index contributed by atoms with van der Waals surface area (Å²) in [5.74, 6) is -1.04. The Morgan fingerprint density at radius 3 is 2.45 bits per heavy atom. The number of sulfone groups is 1. The Labute approximate surface area is 188 Å². The van der Waals surface area contributed by atoms with Crippen molar-refractivity contribution in [2.75, 3.05) is 24.6 Å². The van der Waals surface area contributed by atoms with E-state index in [2.05, 4.69) is 4.98 Å². The Hall–Kier alpha value is -2.75. The first-order valence-corrected chi connectivity index (χ1v) is 12.5. The summed E-state index contributed by atoms with van der Waals surface area (Å²) < 4.78 is 23.3. The second-order valence-electron chi connectivity index (χ2n) is 7.09. The Morgan fingerprint density at radius 2 is 1.77 bits per heavy atom. The molecule has 0 atom stereocenters. The molecule has 1 aliphatic rings. The summed E-state index contributed by atoms with van der Waals surface area (Å²) in [5, 5.41) is 2.91. The Morgan fingerprint density at radius 1 is 1.06 bits per heavy atom. The van der Waals surface area contributed by atoms with E-state index in [0.717, 1.165) is 5.56 Å². The topological polar surface area (TPSA) is 110 Å². The average Bonchev–Trinajstić information content (AvgIpc) is 3.23. The fourth-order valence-electron chi connectivity index (χ4n) is 3.36. The van der Waals surface area contributed by atoms with Crippen LogP contribution in [0.4, 0.5) is 0 Å². The highest BCUT2D eigenvalue weighted by atomic mass is 35.5. The number of nitrogens with zero attached hydrogens (tertiary/aromatic N) is 2. The lowest BCUT2D eigenvalue weighted by atomic mass is 10.0. The third-order valence-electron chi connectivity index (χ3n) is 5.05. The van der Waals surface area contributed by atoms with Gasteiger partial charge in [-0.05, 0) is 24.3 Å². The number of primary amides is 1. The van der Waals surface area contributed by atoms with E-state index in [1.165, 1.54) is 28.4 Å². The van der Waals surface area contributed by atoms with E-state index in [-0.39, 0.29) is 36.1 Å². The first kappa shape index (κ1) is 21.5. The van der Waals surface area contributed by atoms with Gasteiger partial charge in [0.1, 0.15) is 5.01 Å². The normalized spacial score (nSPS) is 15.6. The van der Waals surface area contributed by atoms with Gasteiger partial charge in [-0.3, -0.25) is 9.59 Å². The molecule has 0 spiro atoms. The van der Waals surface area contributed by atoms with Crippen molar-refractivity contribution in [1.29, 1.82) is 0 Å². The molecule has 0 bridgehead atoms. The van der Waals surface area contributed by atoms with Crippen LogP contribution in [0.2, 0.25) is 5.02 Å². The van der Waals surface area contributed by atoms with Gasteiger partial charge >= 0.3 is 0 Å². The Balaban J connectivity index is 1.70.